The summed E-state index contributed by atoms with van der Waals surface area (Å²) in [5, 5.41) is 8.98. The van der Waals surface area contributed by atoms with Crippen molar-refractivity contribution in [2.24, 2.45) is 0 Å². The van der Waals surface area contributed by atoms with Crippen molar-refractivity contribution in [1.29, 1.82) is 0 Å². The van der Waals surface area contributed by atoms with Crippen molar-refractivity contribution in [2.75, 3.05) is 6.54 Å². The molecule has 2 aromatic rings. The van der Waals surface area contributed by atoms with Gasteiger partial charge in [-0.2, -0.15) is 0 Å². The van der Waals surface area contributed by atoms with Crippen LogP contribution in [0.5, 0.6) is 0 Å². The standard InChI is InChI=1S/C12H16N2S2/c1-2-10(11-4-3-8-15-11)13-6-5-12-14-7-9-16-12/h3-4,7-10,13H,2,5-6H2,1H3. The normalized spacial score (nSPS) is 12.8. The Morgan fingerprint density at radius 3 is 2.94 bits per heavy atom. The Balaban J connectivity index is 1.80. The molecule has 2 heterocycles. The fraction of sp³-hybridized carbons (Fsp3) is 0.417. The van der Waals surface area contributed by atoms with Crippen LogP contribution < -0.4 is 5.32 Å². The van der Waals surface area contributed by atoms with Gasteiger partial charge in [0.15, 0.2) is 0 Å². The minimum atomic E-state index is 0.500. The lowest BCUT2D eigenvalue weighted by atomic mass is 10.2. The zero-order chi connectivity index (χ0) is 11.2. The molecule has 86 valence electrons. The number of nitrogens with one attached hydrogen (secondary N) is 1. The Morgan fingerprint density at radius 2 is 2.31 bits per heavy atom. The zero-order valence-electron chi connectivity index (χ0n) is 9.35. The van der Waals surface area contributed by atoms with E-state index >= 15 is 0 Å². The van der Waals surface area contributed by atoms with Crippen LogP contribution in [0.25, 0.3) is 0 Å². The molecular weight excluding hydrogens is 236 g/mol. The Morgan fingerprint density at radius 1 is 1.38 bits per heavy atom. The summed E-state index contributed by atoms with van der Waals surface area (Å²) in [7, 11) is 0. The maximum atomic E-state index is 4.28. The van der Waals surface area contributed by atoms with Crippen molar-refractivity contribution in [3.8, 4) is 0 Å². The highest BCUT2D eigenvalue weighted by Crippen LogP contribution is 2.21. The van der Waals surface area contributed by atoms with E-state index in [0.717, 1.165) is 19.4 Å². The van der Waals surface area contributed by atoms with Crippen LogP contribution >= 0.6 is 22.7 Å². The van der Waals surface area contributed by atoms with E-state index < -0.39 is 0 Å². The van der Waals surface area contributed by atoms with E-state index in [4.69, 9.17) is 0 Å². The lowest BCUT2D eigenvalue weighted by molar-refractivity contribution is 0.530. The molecule has 0 aliphatic carbocycles. The van der Waals surface area contributed by atoms with Gasteiger partial charge in [-0.25, -0.2) is 4.98 Å². The molecule has 0 spiro atoms. The van der Waals surface area contributed by atoms with E-state index in [1.165, 1.54) is 9.88 Å². The maximum absolute atomic E-state index is 4.28. The second kappa shape index (κ2) is 6.13. The van der Waals surface area contributed by atoms with E-state index in [-0.39, 0.29) is 0 Å². The zero-order valence-corrected chi connectivity index (χ0v) is 11.0. The summed E-state index contributed by atoms with van der Waals surface area (Å²) in [6.45, 7) is 3.23. The first kappa shape index (κ1) is 11.8. The topological polar surface area (TPSA) is 24.9 Å². The molecule has 0 aromatic carbocycles. The molecule has 0 saturated heterocycles. The molecule has 2 rings (SSSR count). The number of hydrogen-bond donors (Lipinski definition) is 1. The summed E-state index contributed by atoms with van der Waals surface area (Å²) in [6.07, 6.45) is 4.04. The third-order valence-electron chi connectivity index (χ3n) is 2.51. The van der Waals surface area contributed by atoms with Gasteiger partial charge >= 0.3 is 0 Å². The van der Waals surface area contributed by atoms with Gasteiger partial charge in [-0.05, 0) is 17.9 Å². The molecule has 0 fully saturated rings. The van der Waals surface area contributed by atoms with Gasteiger partial charge in [0.05, 0.1) is 5.01 Å². The first-order chi connectivity index (χ1) is 7.90. The molecule has 1 N–H and O–H groups in total. The van der Waals surface area contributed by atoms with Crippen LogP contribution in [-0.4, -0.2) is 11.5 Å². The molecule has 4 heteroatoms. The summed E-state index contributed by atoms with van der Waals surface area (Å²) in [5.41, 5.74) is 0. The molecule has 0 aliphatic rings. The van der Waals surface area contributed by atoms with Gasteiger partial charge in [0.1, 0.15) is 0 Å². The monoisotopic (exact) mass is 252 g/mol. The van der Waals surface area contributed by atoms with Crippen LogP contribution in [0.15, 0.2) is 29.1 Å². The van der Waals surface area contributed by atoms with E-state index in [1.54, 1.807) is 11.3 Å². The number of rotatable bonds is 6. The number of hydrogen-bond acceptors (Lipinski definition) is 4. The Kier molecular flexibility index (Phi) is 4.51. The fourth-order valence-corrected chi connectivity index (χ4v) is 3.17. The van der Waals surface area contributed by atoms with Crippen molar-refractivity contribution in [2.45, 2.75) is 25.8 Å². The molecule has 0 amide bonds. The third-order valence-corrected chi connectivity index (χ3v) is 4.33. The first-order valence-electron chi connectivity index (χ1n) is 5.55. The van der Waals surface area contributed by atoms with Crippen LogP contribution in [-0.2, 0) is 6.42 Å². The average Bonchev–Trinajstić information content (AvgIpc) is 2.96. The predicted octanol–water partition coefficient (Wildman–Crippen LogP) is 3.49. The lowest BCUT2D eigenvalue weighted by Crippen LogP contribution is -2.22. The largest absolute Gasteiger partial charge is 0.309 e. The second-order valence-electron chi connectivity index (χ2n) is 3.61. The molecule has 0 bridgehead atoms. The van der Waals surface area contributed by atoms with E-state index in [1.807, 2.05) is 22.9 Å². The lowest BCUT2D eigenvalue weighted by Gasteiger charge is -2.14. The average molecular weight is 252 g/mol. The molecule has 16 heavy (non-hydrogen) atoms. The van der Waals surface area contributed by atoms with Crippen LogP contribution in [0.1, 0.15) is 29.3 Å². The summed E-state index contributed by atoms with van der Waals surface area (Å²) in [5.74, 6) is 0. The van der Waals surface area contributed by atoms with E-state index in [2.05, 4.69) is 34.7 Å². The molecule has 0 radical (unpaired) electrons. The van der Waals surface area contributed by atoms with Crippen LogP contribution in [0.4, 0.5) is 0 Å². The predicted molar refractivity (Wildman–Crippen MR) is 71.2 cm³/mol. The van der Waals surface area contributed by atoms with E-state index in [9.17, 15) is 0 Å². The van der Waals surface area contributed by atoms with E-state index in [0.29, 0.717) is 6.04 Å². The summed E-state index contributed by atoms with van der Waals surface area (Å²) >= 11 is 3.56. The smallest absolute Gasteiger partial charge is 0.0937 e. The summed E-state index contributed by atoms with van der Waals surface area (Å²) in [4.78, 5) is 5.71. The second-order valence-corrected chi connectivity index (χ2v) is 5.56. The highest BCUT2D eigenvalue weighted by Gasteiger charge is 2.08. The Labute approximate surface area is 104 Å². The van der Waals surface area contributed by atoms with Crippen LogP contribution in [0.3, 0.4) is 0 Å². The van der Waals surface area contributed by atoms with Crippen LogP contribution in [0.2, 0.25) is 0 Å². The quantitative estimate of drug-likeness (QED) is 0.851. The van der Waals surface area contributed by atoms with Gasteiger partial charge in [0.2, 0.25) is 0 Å². The molecule has 0 aliphatic heterocycles. The molecule has 2 aromatic heterocycles. The minimum Gasteiger partial charge on any atom is -0.309 e. The van der Waals surface area contributed by atoms with Crippen molar-refractivity contribution < 1.29 is 0 Å². The molecule has 1 atom stereocenters. The molecular formula is C12H16N2S2. The summed E-state index contributed by atoms with van der Waals surface area (Å²) in [6, 6.07) is 4.82. The van der Waals surface area contributed by atoms with Crippen LogP contribution in [0, 0.1) is 0 Å². The third kappa shape index (κ3) is 3.14. The van der Waals surface area contributed by atoms with Crippen molar-refractivity contribution in [3.05, 3.63) is 39.0 Å². The summed E-state index contributed by atoms with van der Waals surface area (Å²) < 4.78 is 0. The fourth-order valence-electron chi connectivity index (χ4n) is 1.67. The maximum Gasteiger partial charge on any atom is 0.0937 e. The van der Waals surface area contributed by atoms with Crippen molar-refractivity contribution >= 4 is 22.7 Å². The highest BCUT2D eigenvalue weighted by atomic mass is 32.1. The van der Waals surface area contributed by atoms with Crippen molar-refractivity contribution in [1.82, 2.24) is 10.3 Å². The van der Waals surface area contributed by atoms with Gasteiger partial charge in [-0.3, -0.25) is 0 Å². The molecule has 2 nitrogen and oxygen atoms in total. The Hall–Kier alpha value is -0.710. The van der Waals surface area contributed by atoms with Crippen molar-refractivity contribution in [3.63, 3.8) is 0 Å². The minimum absolute atomic E-state index is 0.500. The van der Waals surface area contributed by atoms with Gasteiger partial charge in [0, 0.05) is 35.5 Å². The number of aromatic nitrogens is 1. The first-order valence-corrected chi connectivity index (χ1v) is 7.31. The highest BCUT2D eigenvalue weighted by molar-refractivity contribution is 7.10. The molecule has 1 unspecified atom stereocenters. The van der Waals surface area contributed by atoms with Gasteiger partial charge < -0.3 is 5.32 Å². The Bertz CT molecular complexity index is 381. The number of thiophene rings is 1. The number of nitrogens with zero attached hydrogens (tertiary/aromatic N) is 1. The van der Waals surface area contributed by atoms with Gasteiger partial charge in [-0.1, -0.05) is 13.0 Å². The molecule has 0 saturated carbocycles. The SMILES string of the molecule is CCC(NCCc1nccs1)c1cccs1. The van der Waals surface area contributed by atoms with Gasteiger partial charge in [0.25, 0.3) is 0 Å². The number of thiazole rings is 1. The van der Waals surface area contributed by atoms with Gasteiger partial charge in [-0.15, -0.1) is 22.7 Å².